The number of nitrogen functional groups attached to an aromatic ring is 1. The number of rotatable bonds is 8. The quantitative estimate of drug-likeness (QED) is 0.136. The van der Waals surface area contributed by atoms with Crippen molar-refractivity contribution in [2.45, 2.75) is 31.7 Å². The highest BCUT2D eigenvalue weighted by atomic mass is 32.2. The number of thiazole rings is 1. The fourth-order valence-corrected chi connectivity index (χ4v) is 5.06. The zero-order valence-electron chi connectivity index (χ0n) is 19.0. The number of anilines is 1. The number of carbonyl (C=O) groups is 3. The van der Waals surface area contributed by atoms with Crippen LogP contribution in [0.5, 0.6) is 0 Å². The monoisotopic (exact) mass is 503 g/mol. The van der Waals surface area contributed by atoms with Gasteiger partial charge in [-0.1, -0.05) is 23.7 Å². The van der Waals surface area contributed by atoms with E-state index in [9.17, 15) is 14.4 Å². The van der Waals surface area contributed by atoms with Crippen molar-refractivity contribution < 1.29 is 24.0 Å². The summed E-state index contributed by atoms with van der Waals surface area (Å²) in [5, 5.41) is 7.79. The van der Waals surface area contributed by atoms with Crippen LogP contribution >= 0.6 is 23.1 Å². The number of hydrogen-bond acceptors (Lipinski definition) is 10. The molecule has 3 rings (SSSR count). The van der Waals surface area contributed by atoms with Crippen LogP contribution in [0.25, 0.3) is 0 Å². The number of allylic oxidation sites excluding steroid dienone is 1. The van der Waals surface area contributed by atoms with Crippen molar-refractivity contribution in [3.8, 4) is 12.3 Å². The third-order valence-corrected chi connectivity index (χ3v) is 7.05. The van der Waals surface area contributed by atoms with Crippen LogP contribution in [0.4, 0.5) is 5.13 Å². The predicted octanol–water partition coefficient (Wildman–Crippen LogP) is 1.51. The number of thioether (sulfide) groups is 1. The van der Waals surface area contributed by atoms with Crippen molar-refractivity contribution in [3.05, 3.63) is 35.5 Å². The Labute approximate surface area is 205 Å². The van der Waals surface area contributed by atoms with Gasteiger partial charge in [0.2, 0.25) is 0 Å². The van der Waals surface area contributed by atoms with Gasteiger partial charge < -0.3 is 25.5 Å². The lowest BCUT2D eigenvalue weighted by atomic mass is 9.87. The van der Waals surface area contributed by atoms with Crippen molar-refractivity contribution in [2.24, 2.45) is 10.6 Å². The molecule has 1 unspecified atom stereocenters. The van der Waals surface area contributed by atoms with Crippen LogP contribution in [0.3, 0.4) is 0 Å². The molecule has 2 atom stereocenters. The molecular formula is C22H25N5O5S2. The number of terminal acetylenes is 1. The van der Waals surface area contributed by atoms with E-state index < -0.39 is 34.1 Å². The average Bonchev–Trinajstić information content (AvgIpc) is 3.23. The number of ether oxygens (including phenoxy) is 1. The third-order valence-electron chi connectivity index (χ3n) is 4.93. The van der Waals surface area contributed by atoms with Crippen molar-refractivity contribution in [1.29, 1.82) is 0 Å². The molecule has 1 fully saturated rings. The van der Waals surface area contributed by atoms with Crippen LogP contribution in [0.2, 0.25) is 0 Å². The largest absolute Gasteiger partial charge is 0.462 e. The Kier molecular flexibility index (Phi) is 7.38. The van der Waals surface area contributed by atoms with E-state index in [4.69, 9.17) is 21.7 Å². The molecule has 0 aromatic carbocycles. The zero-order chi connectivity index (χ0) is 25.1. The van der Waals surface area contributed by atoms with E-state index in [1.54, 1.807) is 33.0 Å². The molecule has 2 amide bonds. The third kappa shape index (κ3) is 4.95. The molecule has 1 aromatic rings. The first-order valence-electron chi connectivity index (χ1n) is 10.2. The van der Waals surface area contributed by atoms with Gasteiger partial charge in [-0.2, -0.15) is 0 Å². The van der Waals surface area contributed by atoms with E-state index in [0.29, 0.717) is 5.75 Å². The number of hydrogen-bond donors (Lipinski definition) is 2. The fourth-order valence-electron chi connectivity index (χ4n) is 3.14. The summed E-state index contributed by atoms with van der Waals surface area (Å²) in [6.45, 7) is 8.31. The number of carbonyl (C=O) groups excluding carboxylic acids is 3. The highest BCUT2D eigenvalue weighted by Crippen LogP contribution is 2.43. The van der Waals surface area contributed by atoms with Crippen molar-refractivity contribution >= 4 is 51.7 Å². The molecule has 0 radical (unpaired) electrons. The molecule has 180 valence electrons. The van der Waals surface area contributed by atoms with Crippen LogP contribution in [0, 0.1) is 17.8 Å². The van der Waals surface area contributed by atoms with Gasteiger partial charge in [-0.05, 0) is 26.3 Å². The smallest absolute Gasteiger partial charge is 0.311 e. The number of aromatic nitrogens is 1. The highest BCUT2D eigenvalue weighted by molar-refractivity contribution is 8.00. The van der Waals surface area contributed by atoms with E-state index in [1.807, 2.05) is 0 Å². The van der Waals surface area contributed by atoms with Crippen molar-refractivity contribution in [1.82, 2.24) is 15.2 Å². The molecule has 12 heteroatoms. The van der Waals surface area contributed by atoms with E-state index in [1.165, 1.54) is 22.0 Å². The first-order chi connectivity index (χ1) is 16.0. The van der Waals surface area contributed by atoms with E-state index in [0.717, 1.165) is 16.9 Å². The van der Waals surface area contributed by atoms with Gasteiger partial charge in [0, 0.05) is 17.3 Å². The molecule has 10 nitrogen and oxygen atoms in total. The first kappa shape index (κ1) is 25.3. The lowest BCUT2D eigenvalue weighted by molar-refractivity contribution is -0.167. The fraction of sp³-hybridized carbons (Fsp3) is 0.409. The Morgan fingerprint density at radius 2 is 2.26 bits per heavy atom. The van der Waals surface area contributed by atoms with Gasteiger partial charge in [0.1, 0.15) is 17.7 Å². The number of nitrogens with zero attached hydrogens (tertiary/aromatic N) is 3. The molecule has 3 N–H and O–H groups in total. The molecule has 1 aromatic heterocycles. The predicted molar refractivity (Wildman–Crippen MR) is 131 cm³/mol. The summed E-state index contributed by atoms with van der Waals surface area (Å²) >= 11 is 2.53. The number of amides is 2. The average molecular weight is 504 g/mol. The van der Waals surface area contributed by atoms with Crippen LogP contribution in [0.15, 0.2) is 35.0 Å². The Balaban J connectivity index is 1.92. The van der Waals surface area contributed by atoms with Crippen molar-refractivity contribution in [2.75, 3.05) is 24.7 Å². The van der Waals surface area contributed by atoms with Gasteiger partial charge in [-0.25, -0.2) is 4.98 Å². The Hall–Kier alpha value is -3.30. The van der Waals surface area contributed by atoms with Crippen LogP contribution in [-0.4, -0.2) is 63.3 Å². The van der Waals surface area contributed by atoms with Crippen LogP contribution in [0.1, 0.15) is 26.5 Å². The summed E-state index contributed by atoms with van der Waals surface area (Å²) in [6.07, 6.45) is 8.53. The summed E-state index contributed by atoms with van der Waals surface area (Å²) in [6, 6.07) is 0. The van der Waals surface area contributed by atoms with Crippen LogP contribution < -0.4 is 11.1 Å². The number of oxime groups is 1. The van der Waals surface area contributed by atoms with Gasteiger partial charge in [0.05, 0.1) is 5.41 Å². The molecule has 0 bridgehead atoms. The summed E-state index contributed by atoms with van der Waals surface area (Å²) in [7, 11) is 0. The normalized spacial score (nSPS) is 22.0. The van der Waals surface area contributed by atoms with Crippen LogP contribution in [-0.2, 0) is 24.0 Å². The van der Waals surface area contributed by atoms with E-state index in [2.05, 4.69) is 28.0 Å². The number of fused-ring (bicyclic) bond motifs is 1. The number of esters is 1. The molecule has 34 heavy (non-hydrogen) atoms. The molecule has 0 saturated carbocycles. The molecule has 1 saturated heterocycles. The topological polar surface area (TPSA) is 136 Å². The van der Waals surface area contributed by atoms with E-state index in [-0.39, 0.29) is 29.8 Å². The highest BCUT2D eigenvalue weighted by Gasteiger charge is 2.64. The Morgan fingerprint density at radius 3 is 2.85 bits per heavy atom. The molecular weight excluding hydrogens is 478 g/mol. The Bertz CT molecular complexity index is 1110. The molecule has 2 aliphatic rings. The maximum Gasteiger partial charge on any atom is 0.311 e. The minimum atomic E-state index is -1.51. The summed E-state index contributed by atoms with van der Waals surface area (Å²) in [4.78, 5) is 49.7. The minimum Gasteiger partial charge on any atom is -0.462 e. The van der Waals surface area contributed by atoms with Gasteiger partial charge in [0.25, 0.3) is 11.8 Å². The second kappa shape index (κ2) is 9.90. The lowest BCUT2D eigenvalue weighted by Crippen LogP contribution is -2.80. The van der Waals surface area contributed by atoms with Gasteiger partial charge in [0.15, 0.2) is 23.0 Å². The molecule has 3 heterocycles. The molecule has 2 aliphatic heterocycles. The maximum absolute atomic E-state index is 13.3. The van der Waals surface area contributed by atoms with Gasteiger partial charge in [-0.15, -0.1) is 29.5 Å². The lowest BCUT2D eigenvalue weighted by Gasteiger charge is -2.55. The maximum atomic E-state index is 13.3. The SMILES string of the molecule is C#CCON=C(C(=O)NC1(COC(=O)C(C)(C)C)C(=O)N2C=C(C=C)CS[C@H]21)c1csc(N)n1. The van der Waals surface area contributed by atoms with E-state index >= 15 is 0 Å². The van der Waals surface area contributed by atoms with Crippen molar-refractivity contribution in [3.63, 3.8) is 0 Å². The first-order valence-corrected chi connectivity index (χ1v) is 12.1. The van der Waals surface area contributed by atoms with Gasteiger partial charge in [-0.3, -0.25) is 14.4 Å². The summed E-state index contributed by atoms with van der Waals surface area (Å²) in [5.41, 5.74) is 4.22. The van der Waals surface area contributed by atoms with Gasteiger partial charge >= 0.3 is 5.97 Å². The summed E-state index contributed by atoms with van der Waals surface area (Å²) in [5.74, 6) is 1.13. The zero-order valence-corrected chi connectivity index (χ0v) is 20.6. The number of nitrogens with two attached hydrogens (primary N) is 1. The standard InChI is InChI=1S/C22H25N5O5S2/c1-6-8-32-26-15(14-11-34-20(23)24-14)16(28)25-22(12-31-19(30)21(3,4)5)17(29)27-9-13(7-2)10-33-18(22)27/h1,7,9,11,18H,2,8,10,12H2,3-5H3,(H2,23,24)(H,25,28)/t18-,22?/m0/s1. The number of nitrogens with one attached hydrogen (secondary N) is 1. The number of β-lactam (4-membered cyclic amide) rings is 1. The second-order valence-electron chi connectivity index (χ2n) is 8.52. The molecule has 0 aliphatic carbocycles. The minimum absolute atomic E-state index is 0.160. The summed E-state index contributed by atoms with van der Waals surface area (Å²) < 4.78 is 5.49. The second-order valence-corrected chi connectivity index (χ2v) is 10.5. The Morgan fingerprint density at radius 1 is 1.53 bits per heavy atom. The molecule has 0 spiro atoms.